The molecule has 2 N–H and O–H groups in total. The molecule has 0 atom stereocenters. The molecule has 0 saturated carbocycles. The first-order valence-electron chi connectivity index (χ1n) is 11.2. The Morgan fingerprint density at radius 3 is 2.51 bits per heavy atom. The Balaban J connectivity index is 1.65. The van der Waals surface area contributed by atoms with Crippen LogP contribution >= 0.6 is 0 Å². The number of rotatable bonds is 8. The van der Waals surface area contributed by atoms with Crippen molar-refractivity contribution < 1.29 is 18.0 Å². The van der Waals surface area contributed by atoms with E-state index in [2.05, 4.69) is 14.8 Å². The molecule has 0 radical (unpaired) electrons. The molecule has 1 amide bonds. The highest BCUT2D eigenvalue weighted by molar-refractivity contribution is 7.92. The van der Waals surface area contributed by atoms with Crippen molar-refractivity contribution in [1.82, 2.24) is 19.7 Å². The third-order valence-electron chi connectivity index (χ3n) is 5.85. The van der Waals surface area contributed by atoms with Crippen LogP contribution in [0.1, 0.15) is 35.5 Å². The fraction of sp³-hybridized carbons (Fsp3) is 0.240. The minimum Gasteiger partial charge on any atom is -0.358 e. The number of hydrogen-bond donors (Lipinski definition) is 2. The van der Waals surface area contributed by atoms with Crippen molar-refractivity contribution in [3.05, 3.63) is 71.7 Å². The first-order valence-corrected chi connectivity index (χ1v) is 12.7. The summed E-state index contributed by atoms with van der Waals surface area (Å²) in [6, 6.07) is 12.4. The maximum absolute atomic E-state index is 13.0. The van der Waals surface area contributed by atoms with Crippen molar-refractivity contribution in [2.24, 2.45) is 0 Å². The second kappa shape index (κ2) is 9.38. The lowest BCUT2D eigenvalue weighted by Crippen LogP contribution is -2.36. The summed E-state index contributed by atoms with van der Waals surface area (Å²) in [4.78, 5) is 30.3. The first-order chi connectivity index (χ1) is 16.6. The molecule has 35 heavy (non-hydrogen) atoms. The molecule has 10 heteroatoms. The lowest BCUT2D eigenvalue weighted by molar-refractivity contribution is -0.126. The SMILES string of the molecule is CCN(CC)C(=O)C(=O)c1c(C)[nH]c2ccc(NS(=O)(=O)c3cnn(-c4cccc(C)c4)c3)cc12. The van der Waals surface area contributed by atoms with E-state index >= 15 is 0 Å². The van der Waals surface area contributed by atoms with Gasteiger partial charge < -0.3 is 9.88 Å². The molecule has 2 aromatic heterocycles. The number of Topliss-reactive ketones (excluding diaryl/α,β-unsaturated/α-hetero) is 1. The second-order valence-corrected chi connectivity index (χ2v) is 9.94. The summed E-state index contributed by atoms with van der Waals surface area (Å²) in [5.74, 6) is -1.22. The van der Waals surface area contributed by atoms with Gasteiger partial charge in [-0.15, -0.1) is 0 Å². The van der Waals surface area contributed by atoms with Crippen LogP contribution in [0.4, 0.5) is 5.69 Å². The molecule has 2 heterocycles. The number of sulfonamides is 1. The summed E-state index contributed by atoms with van der Waals surface area (Å²) in [5.41, 5.74) is 3.46. The molecule has 9 nitrogen and oxygen atoms in total. The predicted octanol–water partition coefficient (Wildman–Crippen LogP) is 3.82. The van der Waals surface area contributed by atoms with E-state index in [1.807, 2.05) is 45.0 Å². The molecular weight excluding hydrogens is 466 g/mol. The number of aryl methyl sites for hydroxylation is 2. The fourth-order valence-electron chi connectivity index (χ4n) is 4.01. The number of ketones is 1. The smallest absolute Gasteiger partial charge is 0.295 e. The zero-order valence-corrected chi connectivity index (χ0v) is 20.8. The van der Waals surface area contributed by atoms with Gasteiger partial charge in [0.25, 0.3) is 21.7 Å². The molecule has 182 valence electrons. The lowest BCUT2D eigenvalue weighted by Gasteiger charge is -2.17. The number of amides is 1. The quantitative estimate of drug-likeness (QED) is 0.286. The fourth-order valence-corrected chi connectivity index (χ4v) is 4.99. The molecule has 0 aliphatic heterocycles. The molecule has 4 rings (SSSR count). The highest BCUT2D eigenvalue weighted by Crippen LogP contribution is 2.28. The number of H-pyrrole nitrogens is 1. The van der Waals surface area contributed by atoms with Crippen molar-refractivity contribution in [2.45, 2.75) is 32.6 Å². The number of nitrogens with zero attached hydrogens (tertiary/aromatic N) is 3. The maximum atomic E-state index is 13.0. The number of fused-ring (bicyclic) bond motifs is 1. The Morgan fingerprint density at radius 2 is 1.83 bits per heavy atom. The zero-order valence-electron chi connectivity index (χ0n) is 20.0. The average molecular weight is 494 g/mol. The zero-order chi connectivity index (χ0) is 25.3. The Labute approximate surface area is 203 Å². The van der Waals surface area contributed by atoms with Gasteiger partial charge in [-0.25, -0.2) is 13.1 Å². The van der Waals surface area contributed by atoms with Crippen LogP contribution in [-0.2, 0) is 14.8 Å². The Bertz CT molecular complexity index is 1530. The molecule has 2 aromatic carbocycles. The normalized spacial score (nSPS) is 11.5. The number of carbonyl (C=O) groups excluding carboxylic acids is 2. The van der Waals surface area contributed by atoms with Crippen LogP contribution < -0.4 is 4.72 Å². The Hall–Kier alpha value is -3.92. The monoisotopic (exact) mass is 493 g/mol. The number of carbonyl (C=O) groups is 2. The van der Waals surface area contributed by atoms with Crippen molar-refractivity contribution in [3.8, 4) is 5.69 Å². The molecule has 0 saturated heterocycles. The topological polar surface area (TPSA) is 117 Å². The highest BCUT2D eigenvalue weighted by Gasteiger charge is 2.26. The number of anilines is 1. The largest absolute Gasteiger partial charge is 0.358 e. The number of aromatic nitrogens is 3. The van der Waals surface area contributed by atoms with Gasteiger partial charge in [-0.2, -0.15) is 5.10 Å². The number of benzene rings is 2. The van der Waals surface area contributed by atoms with E-state index in [4.69, 9.17) is 0 Å². The average Bonchev–Trinajstić information content (AvgIpc) is 3.44. The molecule has 4 aromatic rings. The van der Waals surface area contributed by atoms with E-state index in [1.54, 1.807) is 25.1 Å². The Kier molecular flexibility index (Phi) is 6.49. The Morgan fingerprint density at radius 1 is 1.09 bits per heavy atom. The minimum atomic E-state index is -3.95. The van der Waals surface area contributed by atoms with Gasteiger partial charge in [0.15, 0.2) is 0 Å². The van der Waals surface area contributed by atoms with Crippen LogP contribution in [0.5, 0.6) is 0 Å². The second-order valence-electron chi connectivity index (χ2n) is 8.26. The van der Waals surface area contributed by atoms with Crippen LogP contribution in [0.15, 0.2) is 59.8 Å². The van der Waals surface area contributed by atoms with Gasteiger partial charge >= 0.3 is 0 Å². The van der Waals surface area contributed by atoms with E-state index in [-0.39, 0.29) is 16.1 Å². The van der Waals surface area contributed by atoms with Crippen molar-refractivity contribution >= 4 is 38.3 Å². The summed E-state index contributed by atoms with van der Waals surface area (Å²) in [6.45, 7) is 8.12. The van der Waals surface area contributed by atoms with Gasteiger partial charge in [-0.3, -0.25) is 14.3 Å². The van der Waals surface area contributed by atoms with E-state index < -0.39 is 21.7 Å². The van der Waals surface area contributed by atoms with Gasteiger partial charge in [0.05, 0.1) is 23.6 Å². The van der Waals surface area contributed by atoms with Crippen molar-refractivity contribution in [3.63, 3.8) is 0 Å². The molecule has 0 aliphatic carbocycles. The van der Waals surface area contributed by atoms with Crippen LogP contribution in [0, 0.1) is 13.8 Å². The summed E-state index contributed by atoms with van der Waals surface area (Å²) in [7, 11) is -3.95. The molecule has 0 unspecified atom stereocenters. The summed E-state index contributed by atoms with van der Waals surface area (Å²) in [6.07, 6.45) is 2.72. The number of likely N-dealkylation sites (N-methyl/N-ethyl adjacent to an activating group) is 1. The molecule has 0 spiro atoms. The van der Waals surface area contributed by atoms with E-state index in [0.717, 1.165) is 11.3 Å². The minimum absolute atomic E-state index is 0.00244. The number of hydrogen-bond acceptors (Lipinski definition) is 5. The summed E-state index contributed by atoms with van der Waals surface area (Å²) < 4.78 is 30.1. The molecular formula is C25H27N5O4S. The van der Waals surface area contributed by atoms with Gasteiger partial charge in [0, 0.05) is 35.4 Å². The summed E-state index contributed by atoms with van der Waals surface area (Å²) >= 11 is 0. The van der Waals surface area contributed by atoms with Gasteiger partial charge in [0.1, 0.15) is 4.90 Å². The molecule has 0 fully saturated rings. The number of nitrogens with one attached hydrogen (secondary N) is 2. The first kappa shape index (κ1) is 24.2. The van der Waals surface area contributed by atoms with Crippen LogP contribution in [0.3, 0.4) is 0 Å². The van der Waals surface area contributed by atoms with Crippen molar-refractivity contribution in [1.29, 1.82) is 0 Å². The lowest BCUT2D eigenvalue weighted by atomic mass is 10.1. The predicted molar refractivity (Wildman–Crippen MR) is 134 cm³/mol. The molecule has 0 bridgehead atoms. The van der Waals surface area contributed by atoms with Gasteiger partial charge in [0.2, 0.25) is 0 Å². The third-order valence-corrected chi connectivity index (χ3v) is 7.18. The van der Waals surface area contributed by atoms with Crippen molar-refractivity contribution in [2.75, 3.05) is 17.8 Å². The van der Waals surface area contributed by atoms with E-state index in [9.17, 15) is 18.0 Å². The van der Waals surface area contributed by atoms with Crippen LogP contribution in [0.2, 0.25) is 0 Å². The third kappa shape index (κ3) is 4.69. The van der Waals surface area contributed by atoms with Gasteiger partial charge in [-0.05, 0) is 63.6 Å². The van der Waals surface area contributed by atoms with Crippen LogP contribution in [0.25, 0.3) is 16.6 Å². The van der Waals surface area contributed by atoms with E-state index in [0.29, 0.717) is 29.7 Å². The van der Waals surface area contributed by atoms with Crippen LogP contribution in [-0.4, -0.2) is 52.9 Å². The highest BCUT2D eigenvalue weighted by atomic mass is 32.2. The molecule has 0 aliphatic rings. The number of aromatic amines is 1. The standard InChI is InChI=1S/C25H27N5O4S/c1-5-29(6-2)25(32)24(31)23-17(4)27-22-11-10-18(13-21(22)23)28-35(33,34)20-14-26-30(15-20)19-9-7-8-16(3)12-19/h7-15,27-28H,5-6H2,1-4H3. The summed E-state index contributed by atoms with van der Waals surface area (Å²) in [5, 5.41) is 4.66. The van der Waals surface area contributed by atoms with E-state index in [1.165, 1.54) is 22.0 Å². The maximum Gasteiger partial charge on any atom is 0.295 e. The van der Waals surface area contributed by atoms with Gasteiger partial charge in [-0.1, -0.05) is 12.1 Å².